The van der Waals surface area contributed by atoms with Gasteiger partial charge in [-0.2, -0.15) is 4.98 Å². The number of sulfonamides is 1. The number of hydrogen-bond donors (Lipinski definition) is 4. The Morgan fingerprint density at radius 3 is 2.47 bits per heavy atom. The van der Waals surface area contributed by atoms with Gasteiger partial charge in [-0.25, -0.2) is 13.1 Å². The summed E-state index contributed by atoms with van der Waals surface area (Å²) in [6.45, 7) is 12.6. The van der Waals surface area contributed by atoms with Gasteiger partial charge < -0.3 is 39.4 Å². The average Bonchev–Trinajstić information content (AvgIpc) is 3.87. The third-order valence-electron chi connectivity index (χ3n) is 16.8. The van der Waals surface area contributed by atoms with E-state index in [4.69, 9.17) is 19.2 Å². The molecule has 0 unspecified atom stereocenters. The number of pyridine rings is 1. The SMILES string of the molecule is Cc1ccccc1[C@H]1CN(C2CCOCC2)CCN1CC1CCN(c2ccc(C(=O)NS(=O)(=O)c3ccc(NC[C@H]4CC[C@](C)(O)CC4)c([N+](=O)[O-])c3)c(N3c4cc5cc[nH]c5nc4O[C@H]4COCC[C@@H]43)c2)CC1. The molecule has 1 amide bonds. The van der Waals surface area contributed by atoms with Gasteiger partial charge in [-0.05, 0) is 137 Å². The molecule has 5 fully saturated rings. The Morgan fingerprint density at radius 2 is 1.69 bits per heavy atom. The van der Waals surface area contributed by atoms with Crippen molar-refractivity contribution in [3.05, 3.63) is 106 Å². The second-order valence-corrected chi connectivity index (χ2v) is 23.4. The number of aromatic amines is 1. The predicted octanol–water partition coefficient (Wildman–Crippen LogP) is 7.69. The van der Waals surface area contributed by atoms with Crippen LogP contribution < -0.4 is 24.6 Å². The minimum absolute atomic E-state index is 0.112. The number of nitro benzene ring substituents is 1. The first-order chi connectivity index (χ1) is 35.8. The van der Waals surface area contributed by atoms with Crippen LogP contribution in [0.3, 0.4) is 0 Å². The predicted molar refractivity (Wildman–Crippen MR) is 283 cm³/mol. The molecule has 5 aliphatic heterocycles. The largest absolute Gasteiger partial charge is 0.468 e. The van der Waals surface area contributed by atoms with Crippen LogP contribution >= 0.6 is 0 Å². The van der Waals surface area contributed by atoms with E-state index in [1.165, 1.54) is 23.3 Å². The van der Waals surface area contributed by atoms with Crippen LogP contribution in [-0.4, -0.2) is 140 Å². The number of nitrogens with one attached hydrogen (secondary N) is 3. The van der Waals surface area contributed by atoms with Crippen molar-refractivity contribution in [1.29, 1.82) is 0 Å². The first-order valence-corrected chi connectivity index (χ1v) is 28.1. The summed E-state index contributed by atoms with van der Waals surface area (Å²) in [7, 11) is -4.63. The van der Waals surface area contributed by atoms with Crippen molar-refractivity contribution in [2.45, 2.75) is 106 Å². The van der Waals surface area contributed by atoms with E-state index >= 15 is 0 Å². The normalized spacial score (nSPS) is 25.5. The van der Waals surface area contributed by atoms with E-state index < -0.39 is 43.1 Å². The molecule has 394 valence electrons. The van der Waals surface area contributed by atoms with Crippen LogP contribution in [0, 0.1) is 28.9 Å². The molecule has 0 spiro atoms. The highest BCUT2D eigenvalue weighted by atomic mass is 32.2. The molecule has 18 nitrogen and oxygen atoms in total. The number of carbonyl (C=O) groups is 1. The summed E-state index contributed by atoms with van der Waals surface area (Å²) in [6, 6.07) is 22.6. The molecule has 0 radical (unpaired) electrons. The topological polar surface area (TPSA) is 208 Å². The Bertz CT molecular complexity index is 2960. The van der Waals surface area contributed by atoms with Crippen LogP contribution in [0.2, 0.25) is 0 Å². The number of benzene rings is 3. The van der Waals surface area contributed by atoms with Gasteiger partial charge in [-0.3, -0.25) is 24.7 Å². The van der Waals surface area contributed by atoms with Gasteiger partial charge in [0.2, 0.25) is 5.88 Å². The van der Waals surface area contributed by atoms with Crippen LogP contribution in [0.5, 0.6) is 5.88 Å². The van der Waals surface area contributed by atoms with Crippen molar-refractivity contribution in [2.75, 3.05) is 87.4 Å². The van der Waals surface area contributed by atoms with Crippen molar-refractivity contribution in [3.63, 3.8) is 0 Å². The molecule has 3 aromatic carbocycles. The number of aliphatic hydroxyl groups is 1. The average molecular weight is 1030 g/mol. The molecule has 7 heterocycles. The van der Waals surface area contributed by atoms with E-state index in [0.29, 0.717) is 79.9 Å². The molecule has 4 saturated heterocycles. The van der Waals surface area contributed by atoms with Gasteiger partial charge in [0.1, 0.15) is 23.1 Å². The van der Waals surface area contributed by atoms with E-state index in [2.05, 4.69) is 65.8 Å². The number of hydrogen-bond acceptors (Lipinski definition) is 15. The molecule has 74 heavy (non-hydrogen) atoms. The second kappa shape index (κ2) is 21.1. The maximum absolute atomic E-state index is 14.7. The van der Waals surface area contributed by atoms with Crippen LogP contribution in [0.4, 0.5) is 28.4 Å². The summed E-state index contributed by atoms with van der Waals surface area (Å²) in [5.74, 6) is 0.172. The number of H-pyrrole nitrogens is 1. The number of piperidine rings is 1. The van der Waals surface area contributed by atoms with Gasteiger partial charge in [0.15, 0.2) is 0 Å². The minimum Gasteiger partial charge on any atom is -0.468 e. The zero-order valence-corrected chi connectivity index (χ0v) is 43.2. The number of piperazine rings is 1. The van der Waals surface area contributed by atoms with E-state index in [0.717, 1.165) is 108 Å². The van der Waals surface area contributed by atoms with Gasteiger partial charge in [0.25, 0.3) is 21.6 Å². The number of fused-ring (bicyclic) bond motifs is 3. The van der Waals surface area contributed by atoms with Crippen molar-refractivity contribution >= 4 is 55.4 Å². The van der Waals surface area contributed by atoms with E-state index in [-0.39, 0.29) is 23.2 Å². The number of rotatable bonds is 13. The number of anilines is 4. The molecule has 5 aromatic rings. The quantitative estimate of drug-likeness (QED) is 0.0659. The van der Waals surface area contributed by atoms with Crippen LogP contribution in [0.15, 0.2) is 83.9 Å². The highest BCUT2D eigenvalue weighted by molar-refractivity contribution is 7.90. The maximum Gasteiger partial charge on any atom is 0.293 e. The summed E-state index contributed by atoms with van der Waals surface area (Å²) in [4.78, 5) is 44.0. The third kappa shape index (κ3) is 10.6. The monoisotopic (exact) mass is 1030 g/mol. The van der Waals surface area contributed by atoms with Gasteiger partial charge in [0.05, 0.1) is 39.3 Å². The summed E-state index contributed by atoms with van der Waals surface area (Å²) in [5.41, 5.74) is 4.58. The molecule has 3 atom stereocenters. The number of ether oxygens (including phenoxy) is 3. The maximum atomic E-state index is 14.7. The Kier molecular flexibility index (Phi) is 14.3. The van der Waals surface area contributed by atoms with Crippen LogP contribution in [0.25, 0.3) is 11.0 Å². The van der Waals surface area contributed by atoms with Gasteiger partial charge in [-0.15, -0.1) is 0 Å². The first kappa shape index (κ1) is 50.3. The van der Waals surface area contributed by atoms with E-state index in [9.17, 15) is 28.4 Å². The number of aryl methyl sites for hydroxylation is 1. The lowest BCUT2D eigenvalue weighted by Gasteiger charge is -2.47. The van der Waals surface area contributed by atoms with Crippen LogP contribution in [0.1, 0.15) is 92.2 Å². The Hall–Kier alpha value is -5.83. The number of nitrogens with zero attached hydrogens (tertiary/aromatic N) is 6. The van der Waals surface area contributed by atoms with Gasteiger partial charge in [-0.1, -0.05) is 24.3 Å². The summed E-state index contributed by atoms with van der Waals surface area (Å²) in [5, 5.41) is 26.8. The van der Waals surface area contributed by atoms with Crippen molar-refractivity contribution < 1.29 is 37.5 Å². The molecular weight excluding hydrogens is 963 g/mol. The second-order valence-electron chi connectivity index (χ2n) is 21.7. The molecule has 6 aliphatic rings. The molecule has 11 rings (SSSR count). The van der Waals surface area contributed by atoms with Gasteiger partial charge >= 0.3 is 0 Å². The molecule has 1 aliphatic carbocycles. The first-order valence-electron chi connectivity index (χ1n) is 26.6. The van der Waals surface area contributed by atoms with Crippen molar-refractivity contribution in [3.8, 4) is 5.88 Å². The molecule has 1 saturated carbocycles. The molecule has 4 N–H and O–H groups in total. The van der Waals surface area contributed by atoms with Gasteiger partial charge in [0, 0.05) is 101 Å². The highest BCUT2D eigenvalue weighted by Gasteiger charge is 2.42. The lowest BCUT2D eigenvalue weighted by atomic mass is 9.80. The smallest absolute Gasteiger partial charge is 0.293 e. The fraction of sp³-hybridized carbons (Fsp3) is 0.527. The number of carbonyl (C=O) groups excluding carboxylic acids is 1. The summed E-state index contributed by atoms with van der Waals surface area (Å²) < 4.78 is 48.9. The Balaban J connectivity index is 0.861. The summed E-state index contributed by atoms with van der Waals surface area (Å²) >= 11 is 0. The molecule has 2 aromatic heterocycles. The fourth-order valence-corrected chi connectivity index (χ4v) is 13.4. The van der Waals surface area contributed by atoms with E-state index in [1.54, 1.807) is 6.07 Å². The highest BCUT2D eigenvalue weighted by Crippen LogP contribution is 2.46. The van der Waals surface area contributed by atoms with E-state index in [1.807, 2.05) is 37.4 Å². The zero-order chi connectivity index (χ0) is 51.1. The van der Waals surface area contributed by atoms with Crippen molar-refractivity contribution in [1.82, 2.24) is 24.5 Å². The third-order valence-corrected chi connectivity index (χ3v) is 18.1. The minimum atomic E-state index is -4.63. The lowest BCUT2D eigenvalue weighted by molar-refractivity contribution is -0.384. The zero-order valence-electron chi connectivity index (χ0n) is 42.4. The number of amides is 1. The summed E-state index contributed by atoms with van der Waals surface area (Å²) in [6.07, 6.45) is 8.88. The molecule has 19 heteroatoms. The lowest BCUT2D eigenvalue weighted by Crippen LogP contribution is -2.54. The molecular formula is C55H69N9O9S. The van der Waals surface area contributed by atoms with Crippen molar-refractivity contribution in [2.24, 2.45) is 11.8 Å². The fourth-order valence-electron chi connectivity index (χ4n) is 12.4. The number of aromatic nitrogens is 2. The number of nitro groups is 1. The molecule has 0 bridgehead atoms. The Morgan fingerprint density at radius 1 is 0.905 bits per heavy atom. The Labute approximate surface area is 432 Å². The standard InChI is InChI=1S/C55H69N9O9S/c1-36-5-3-4-6-43(36)50-34-61(40-16-26-71-27-17-40)24-25-62(50)33-38-14-22-60(23-15-38)41-7-9-44(47(30-41)63-46-18-28-72-35-51(46)73-54-49(63)29-39-13-21-56-52(39)58-54)53(65)59-74(69,70)42-8-10-45(48(31-42)64(67)68)57-32-37-11-19-55(2,66)20-12-37/h3-10,13,21,29-31,37-38,40,46,50-51,57,66H,11-12,14-20,22-28,32-35H2,1-2H3,(H,56,58)(H,59,65)/t37-,46-,50+,51-,55-/m0/s1. The van der Waals surface area contributed by atoms with Crippen LogP contribution in [-0.2, 0) is 19.5 Å².